The quantitative estimate of drug-likeness (QED) is 0.0875. The van der Waals surface area contributed by atoms with E-state index in [-0.39, 0.29) is 17.8 Å². The van der Waals surface area contributed by atoms with Crippen LogP contribution in [0.2, 0.25) is 0 Å². The largest absolute Gasteiger partial charge is 0.497 e. The number of nitrogens with one attached hydrogen (secondary N) is 1. The van der Waals surface area contributed by atoms with E-state index in [9.17, 15) is 14.3 Å². The molecule has 0 aliphatic rings. The standard InChI is InChI=1S/C45H50FN3O5/c1-31(44(50)36-9-7-6-8-10-36)49(2)45(51)41(27-28-42(54-5)34-15-19-37(46)20-16-34)43(35-17-25-40(53-4)26-18-35)48-38-21-11-32(12-22-38)29-47-30-33-13-23-39(52-3)24-14-33/h6-26,30-31,41-44,48,50H,27-29H2,1-5H3/t31-,41+,42-,43?,44+/m0/s1. The molecule has 0 bridgehead atoms. The van der Waals surface area contributed by atoms with Crippen molar-refractivity contribution in [2.24, 2.45) is 10.9 Å². The summed E-state index contributed by atoms with van der Waals surface area (Å²) in [5.74, 6) is 0.440. The fourth-order valence-electron chi connectivity index (χ4n) is 6.52. The first-order chi connectivity index (χ1) is 26.2. The van der Waals surface area contributed by atoms with E-state index in [1.54, 1.807) is 45.4 Å². The van der Waals surface area contributed by atoms with Gasteiger partial charge < -0.3 is 29.5 Å². The molecule has 0 aliphatic carbocycles. The molecule has 0 fully saturated rings. The van der Waals surface area contributed by atoms with Crippen LogP contribution in [0.1, 0.15) is 65.8 Å². The molecule has 0 radical (unpaired) electrons. The predicted molar refractivity (Wildman–Crippen MR) is 213 cm³/mol. The second-order valence-electron chi connectivity index (χ2n) is 13.3. The topological polar surface area (TPSA) is 92.6 Å². The average Bonchev–Trinajstić information content (AvgIpc) is 3.22. The van der Waals surface area contributed by atoms with Gasteiger partial charge in [-0.15, -0.1) is 0 Å². The van der Waals surface area contributed by atoms with Crippen molar-refractivity contribution in [2.45, 2.75) is 50.6 Å². The molecule has 2 N–H and O–H groups in total. The molecule has 5 rings (SSSR count). The van der Waals surface area contributed by atoms with Gasteiger partial charge in [0.25, 0.3) is 0 Å². The third-order valence-corrected chi connectivity index (χ3v) is 9.92. The third-order valence-electron chi connectivity index (χ3n) is 9.92. The summed E-state index contributed by atoms with van der Waals surface area (Å²) in [6.07, 6.45) is 1.50. The van der Waals surface area contributed by atoms with Crippen LogP contribution in [0.4, 0.5) is 10.1 Å². The van der Waals surface area contributed by atoms with Gasteiger partial charge in [0.1, 0.15) is 17.3 Å². The lowest BCUT2D eigenvalue weighted by Gasteiger charge is -2.36. The van der Waals surface area contributed by atoms with Crippen LogP contribution in [0.25, 0.3) is 0 Å². The van der Waals surface area contributed by atoms with Gasteiger partial charge in [-0.3, -0.25) is 9.79 Å². The molecule has 0 saturated heterocycles. The SMILES string of the molecule is COc1ccc(C=NCc2ccc(NC(c3ccc(OC)cc3)[C@@H](CC[C@H](OC)c3ccc(F)cc3)C(=O)N(C)[C@@H](C)[C@@H](O)c3ccccc3)cc2)cc1. The highest BCUT2D eigenvalue weighted by Crippen LogP contribution is 2.36. The van der Waals surface area contributed by atoms with Crippen LogP contribution < -0.4 is 14.8 Å². The van der Waals surface area contributed by atoms with E-state index >= 15 is 0 Å². The van der Waals surface area contributed by atoms with E-state index in [0.29, 0.717) is 25.1 Å². The van der Waals surface area contributed by atoms with Crippen LogP contribution in [0.3, 0.4) is 0 Å². The van der Waals surface area contributed by atoms with Crippen LogP contribution in [0.15, 0.2) is 132 Å². The van der Waals surface area contributed by atoms with Gasteiger partial charge in [0.05, 0.1) is 51.0 Å². The summed E-state index contributed by atoms with van der Waals surface area (Å²) in [6.45, 7) is 2.36. The Labute approximate surface area is 318 Å². The van der Waals surface area contributed by atoms with Crippen molar-refractivity contribution in [2.75, 3.05) is 33.7 Å². The molecular formula is C45H50FN3O5. The van der Waals surface area contributed by atoms with Crippen LogP contribution in [0.5, 0.6) is 11.5 Å². The molecule has 5 atom stereocenters. The summed E-state index contributed by atoms with van der Waals surface area (Å²) in [6, 6.07) is 38.1. The molecule has 282 valence electrons. The van der Waals surface area contributed by atoms with Gasteiger partial charge in [-0.05, 0) is 108 Å². The van der Waals surface area contributed by atoms with Gasteiger partial charge in [0.15, 0.2) is 0 Å². The number of anilines is 1. The van der Waals surface area contributed by atoms with Crippen molar-refractivity contribution in [3.63, 3.8) is 0 Å². The number of ether oxygens (including phenoxy) is 3. The number of aliphatic imine (C=N–C) groups is 1. The summed E-state index contributed by atoms with van der Waals surface area (Å²) in [7, 11) is 6.63. The van der Waals surface area contributed by atoms with Crippen LogP contribution in [0, 0.1) is 11.7 Å². The highest BCUT2D eigenvalue weighted by molar-refractivity contribution is 5.81. The number of carbonyl (C=O) groups excluding carboxylic acids is 1. The molecule has 8 nitrogen and oxygen atoms in total. The second-order valence-corrected chi connectivity index (χ2v) is 13.3. The minimum absolute atomic E-state index is 0.135. The summed E-state index contributed by atoms with van der Waals surface area (Å²) >= 11 is 0. The van der Waals surface area contributed by atoms with E-state index in [2.05, 4.69) is 10.3 Å². The van der Waals surface area contributed by atoms with Crippen molar-refractivity contribution in [1.82, 2.24) is 4.90 Å². The molecule has 5 aromatic rings. The lowest BCUT2D eigenvalue weighted by atomic mass is 9.85. The molecule has 0 spiro atoms. The zero-order valence-corrected chi connectivity index (χ0v) is 31.6. The first-order valence-corrected chi connectivity index (χ1v) is 18.1. The van der Waals surface area contributed by atoms with Gasteiger partial charge in [0, 0.05) is 26.1 Å². The maximum atomic E-state index is 14.8. The van der Waals surface area contributed by atoms with E-state index in [4.69, 9.17) is 14.2 Å². The number of halogens is 1. The first-order valence-electron chi connectivity index (χ1n) is 18.1. The summed E-state index contributed by atoms with van der Waals surface area (Å²) in [5, 5.41) is 15.0. The van der Waals surface area contributed by atoms with Crippen molar-refractivity contribution >= 4 is 17.8 Å². The molecule has 1 amide bonds. The minimum Gasteiger partial charge on any atom is -0.497 e. The molecule has 0 aliphatic heterocycles. The Morgan fingerprint density at radius 2 is 1.37 bits per heavy atom. The zero-order chi connectivity index (χ0) is 38.5. The molecule has 0 saturated carbocycles. The monoisotopic (exact) mass is 731 g/mol. The van der Waals surface area contributed by atoms with Crippen molar-refractivity contribution in [3.8, 4) is 11.5 Å². The number of benzene rings is 5. The number of hydrogen-bond donors (Lipinski definition) is 2. The second kappa shape index (κ2) is 19.5. The van der Waals surface area contributed by atoms with Gasteiger partial charge in [-0.25, -0.2) is 4.39 Å². The van der Waals surface area contributed by atoms with Crippen molar-refractivity contribution < 1.29 is 28.5 Å². The Kier molecular flexibility index (Phi) is 14.4. The average molecular weight is 732 g/mol. The van der Waals surface area contributed by atoms with Crippen molar-refractivity contribution in [1.29, 1.82) is 0 Å². The number of methoxy groups -OCH3 is 3. The predicted octanol–water partition coefficient (Wildman–Crippen LogP) is 8.98. The van der Waals surface area contributed by atoms with Gasteiger partial charge >= 0.3 is 0 Å². The maximum absolute atomic E-state index is 14.8. The van der Waals surface area contributed by atoms with E-state index in [0.717, 1.165) is 39.3 Å². The Morgan fingerprint density at radius 3 is 1.96 bits per heavy atom. The number of carbonyl (C=O) groups is 1. The molecule has 0 aromatic heterocycles. The Bertz CT molecular complexity index is 1900. The fourth-order valence-corrected chi connectivity index (χ4v) is 6.52. The van der Waals surface area contributed by atoms with Crippen LogP contribution >= 0.6 is 0 Å². The summed E-state index contributed by atoms with van der Waals surface area (Å²) in [5.41, 5.74) is 5.30. The molecule has 0 heterocycles. The first kappa shape index (κ1) is 39.7. The molecule has 5 aromatic carbocycles. The number of likely N-dealkylation sites (N-methyl/N-ethyl adjacent to an activating group) is 1. The summed E-state index contributed by atoms with van der Waals surface area (Å²) in [4.78, 5) is 21.1. The van der Waals surface area contributed by atoms with Gasteiger partial charge in [0.2, 0.25) is 5.91 Å². The van der Waals surface area contributed by atoms with Crippen LogP contribution in [-0.2, 0) is 16.1 Å². The lowest BCUT2D eigenvalue weighted by Crippen LogP contribution is -2.45. The number of rotatable bonds is 18. The number of aliphatic hydroxyl groups excluding tert-OH is 1. The zero-order valence-electron chi connectivity index (χ0n) is 31.6. The molecular weight excluding hydrogens is 682 g/mol. The van der Waals surface area contributed by atoms with Crippen molar-refractivity contribution in [3.05, 3.63) is 161 Å². The summed E-state index contributed by atoms with van der Waals surface area (Å²) < 4.78 is 30.4. The Balaban J connectivity index is 1.44. The Morgan fingerprint density at radius 1 is 0.778 bits per heavy atom. The van der Waals surface area contributed by atoms with E-state index in [1.165, 1.54) is 12.1 Å². The number of nitrogens with zero attached hydrogens (tertiary/aromatic N) is 2. The fraction of sp³-hybridized carbons (Fsp3) is 0.289. The molecule has 9 heteroatoms. The smallest absolute Gasteiger partial charge is 0.228 e. The maximum Gasteiger partial charge on any atom is 0.228 e. The highest BCUT2D eigenvalue weighted by Gasteiger charge is 2.36. The highest BCUT2D eigenvalue weighted by atomic mass is 19.1. The normalized spacial score (nSPS) is 14.1. The minimum atomic E-state index is -0.890. The van der Waals surface area contributed by atoms with Gasteiger partial charge in [-0.2, -0.15) is 0 Å². The van der Waals surface area contributed by atoms with Gasteiger partial charge in [-0.1, -0.05) is 66.7 Å². The number of hydrogen-bond acceptors (Lipinski definition) is 7. The molecule has 1 unspecified atom stereocenters. The molecule has 54 heavy (non-hydrogen) atoms. The van der Waals surface area contributed by atoms with E-state index in [1.807, 2.05) is 116 Å². The Hall–Kier alpha value is -5.51. The third kappa shape index (κ3) is 10.6. The van der Waals surface area contributed by atoms with E-state index < -0.39 is 24.1 Å². The number of aliphatic hydroxyl groups is 1. The number of amides is 1. The van der Waals surface area contributed by atoms with Crippen LogP contribution in [-0.4, -0.2) is 56.5 Å². The lowest BCUT2D eigenvalue weighted by molar-refractivity contribution is -0.139.